The van der Waals surface area contributed by atoms with Gasteiger partial charge >= 0.3 is 6.18 Å². The van der Waals surface area contributed by atoms with Crippen molar-refractivity contribution in [2.75, 3.05) is 11.5 Å². The summed E-state index contributed by atoms with van der Waals surface area (Å²) >= 11 is 0. The van der Waals surface area contributed by atoms with Crippen LogP contribution >= 0.6 is 0 Å². The Morgan fingerprint density at radius 3 is 2.54 bits per heavy atom. The molecule has 2 aromatic heterocycles. The van der Waals surface area contributed by atoms with Gasteiger partial charge in [0.1, 0.15) is 0 Å². The van der Waals surface area contributed by atoms with Crippen molar-refractivity contribution < 1.29 is 22.4 Å². The summed E-state index contributed by atoms with van der Waals surface area (Å²) in [6.45, 7) is 3.43. The minimum atomic E-state index is -4.48. The van der Waals surface area contributed by atoms with Crippen molar-refractivity contribution in [2.45, 2.75) is 26.4 Å². The smallest absolute Gasteiger partial charge is 0.416 e. The molecule has 0 fully saturated rings. The molecule has 4 N–H and O–H groups in total. The van der Waals surface area contributed by atoms with E-state index in [9.17, 15) is 18.0 Å². The lowest BCUT2D eigenvalue weighted by atomic mass is 10.0. The number of hydrogen-bond acceptors (Lipinski definition) is 5. The number of carbonyl (C=O) groups excluding carboxylic acids is 1. The number of carbonyl (C=O) groups is 1. The van der Waals surface area contributed by atoms with Crippen LogP contribution in [0.25, 0.3) is 11.1 Å². The Kier molecular flexibility index (Phi) is 4.14. The number of nitrogens with zero attached hydrogens (tertiary/aromatic N) is 1. The lowest BCUT2D eigenvalue weighted by molar-refractivity contribution is -0.137. The molecule has 0 amide bonds. The number of Topliss-reactive ketones (excluding diaryl/α,β-unsaturated/α-hetero) is 1. The van der Waals surface area contributed by atoms with Gasteiger partial charge in [0.2, 0.25) is 11.5 Å². The van der Waals surface area contributed by atoms with Gasteiger partial charge in [-0.3, -0.25) is 4.79 Å². The molecule has 3 rings (SSSR count). The molecule has 0 radical (unpaired) electrons. The van der Waals surface area contributed by atoms with Gasteiger partial charge < -0.3 is 15.9 Å². The van der Waals surface area contributed by atoms with Crippen LogP contribution in [0.4, 0.5) is 24.5 Å². The molecule has 0 bridgehead atoms. The van der Waals surface area contributed by atoms with Crippen LogP contribution < -0.4 is 11.5 Å². The standard InChI is InChI=1S/C18H16F3N3O2/c1-8-13-15(23)16(26-17(13)24-9(2)14(8)22)12(25)7-10-4-3-5-11(6-10)18(19,20)21/h3-6H,7,22-23H2,1-2H3. The molecule has 0 saturated heterocycles. The first-order chi connectivity index (χ1) is 12.1. The molecular weight excluding hydrogens is 347 g/mol. The quantitative estimate of drug-likeness (QED) is 0.685. The first-order valence-electron chi connectivity index (χ1n) is 7.73. The van der Waals surface area contributed by atoms with Crippen molar-refractivity contribution in [1.82, 2.24) is 4.98 Å². The highest BCUT2D eigenvalue weighted by atomic mass is 19.4. The Labute approximate surface area is 146 Å². The average molecular weight is 363 g/mol. The fourth-order valence-electron chi connectivity index (χ4n) is 2.82. The number of aryl methyl sites for hydroxylation is 2. The van der Waals surface area contributed by atoms with Crippen molar-refractivity contribution in [1.29, 1.82) is 0 Å². The number of hydrogen-bond donors (Lipinski definition) is 2. The monoisotopic (exact) mass is 363 g/mol. The molecule has 136 valence electrons. The van der Waals surface area contributed by atoms with E-state index in [1.807, 2.05) is 0 Å². The average Bonchev–Trinajstić information content (AvgIpc) is 2.89. The molecular formula is C18H16F3N3O2. The summed E-state index contributed by atoms with van der Waals surface area (Å²) in [6.07, 6.45) is -4.75. The van der Waals surface area contributed by atoms with Crippen LogP contribution in [0, 0.1) is 13.8 Å². The van der Waals surface area contributed by atoms with E-state index in [1.54, 1.807) is 13.8 Å². The Morgan fingerprint density at radius 2 is 1.88 bits per heavy atom. The molecule has 2 heterocycles. The van der Waals surface area contributed by atoms with E-state index in [1.165, 1.54) is 12.1 Å². The first-order valence-corrected chi connectivity index (χ1v) is 7.73. The lowest BCUT2D eigenvalue weighted by Gasteiger charge is -2.08. The van der Waals surface area contributed by atoms with Crippen molar-refractivity contribution in [3.05, 3.63) is 52.4 Å². The number of anilines is 2. The molecule has 0 aliphatic carbocycles. The number of nitrogens with two attached hydrogens (primary N) is 2. The molecule has 0 saturated carbocycles. The minimum absolute atomic E-state index is 0.0914. The first kappa shape index (κ1) is 17.8. The van der Waals surface area contributed by atoms with Crippen molar-refractivity contribution in [2.24, 2.45) is 0 Å². The highest BCUT2D eigenvalue weighted by Crippen LogP contribution is 2.34. The summed E-state index contributed by atoms with van der Waals surface area (Å²) in [7, 11) is 0. The Bertz CT molecular complexity index is 1020. The maximum absolute atomic E-state index is 12.8. The zero-order valence-corrected chi connectivity index (χ0v) is 14.1. The van der Waals surface area contributed by atoms with E-state index in [2.05, 4.69) is 4.98 Å². The van der Waals surface area contributed by atoms with E-state index in [0.717, 1.165) is 12.1 Å². The summed E-state index contributed by atoms with van der Waals surface area (Å²) < 4.78 is 43.9. The Hall–Kier alpha value is -3.03. The largest absolute Gasteiger partial charge is 0.432 e. The number of nitrogen functional groups attached to an aromatic ring is 2. The molecule has 0 aliphatic heterocycles. The van der Waals surface area contributed by atoms with E-state index in [-0.39, 0.29) is 29.1 Å². The van der Waals surface area contributed by atoms with Gasteiger partial charge in [0.15, 0.2) is 5.76 Å². The lowest BCUT2D eigenvalue weighted by Crippen LogP contribution is -2.08. The number of halogens is 3. The van der Waals surface area contributed by atoms with Crippen LogP contribution in [-0.4, -0.2) is 10.8 Å². The number of aromatic nitrogens is 1. The van der Waals surface area contributed by atoms with Crippen LogP contribution in [0.3, 0.4) is 0 Å². The van der Waals surface area contributed by atoms with Crippen LogP contribution in [0.15, 0.2) is 28.7 Å². The van der Waals surface area contributed by atoms with Crippen LogP contribution in [0.2, 0.25) is 0 Å². The van der Waals surface area contributed by atoms with Gasteiger partial charge in [0.25, 0.3) is 0 Å². The van der Waals surface area contributed by atoms with Gasteiger partial charge in [-0.05, 0) is 31.0 Å². The van der Waals surface area contributed by atoms with Crippen LogP contribution in [0.1, 0.15) is 32.9 Å². The molecule has 0 atom stereocenters. The van der Waals surface area contributed by atoms with Crippen LogP contribution in [0.5, 0.6) is 0 Å². The summed E-state index contributed by atoms with van der Waals surface area (Å²) in [5.41, 5.74) is 13.3. The van der Waals surface area contributed by atoms with Crippen LogP contribution in [-0.2, 0) is 12.6 Å². The van der Waals surface area contributed by atoms with Gasteiger partial charge in [-0.1, -0.05) is 18.2 Å². The molecule has 5 nitrogen and oxygen atoms in total. The third-order valence-electron chi connectivity index (χ3n) is 4.24. The molecule has 0 unspecified atom stereocenters. The zero-order chi connectivity index (χ0) is 19.2. The predicted molar refractivity (Wildman–Crippen MR) is 91.8 cm³/mol. The summed E-state index contributed by atoms with van der Waals surface area (Å²) in [5.74, 6) is -0.659. The number of ketones is 1. The molecule has 8 heteroatoms. The molecule has 3 aromatic rings. The normalized spacial score (nSPS) is 11.9. The third kappa shape index (κ3) is 2.98. The zero-order valence-electron chi connectivity index (χ0n) is 14.1. The van der Waals surface area contributed by atoms with E-state index in [0.29, 0.717) is 22.3 Å². The van der Waals surface area contributed by atoms with E-state index >= 15 is 0 Å². The number of furan rings is 1. The topological polar surface area (TPSA) is 95.1 Å². The van der Waals surface area contributed by atoms with Gasteiger partial charge in [-0.2, -0.15) is 13.2 Å². The number of fused-ring (bicyclic) bond motifs is 1. The third-order valence-corrected chi connectivity index (χ3v) is 4.24. The fraction of sp³-hybridized carbons (Fsp3) is 0.222. The molecule has 26 heavy (non-hydrogen) atoms. The second-order valence-corrected chi connectivity index (χ2v) is 6.06. The molecule has 0 aliphatic rings. The van der Waals surface area contributed by atoms with Crippen molar-refractivity contribution in [3.8, 4) is 0 Å². The minimum Gasteiger partial charge on any atom is -0.432 e. The van der Waals surface area contributed by atoms with E-state index in [4.69, 9.17) is 15.9 Å². The fourth-order valence-corrected chi connectivity index (χ4v) is 2.82. The number of pyridine rings is 1. The highest BCUT2D eigenvalue weighted by molar-refractivity contribution is 6.08. The van der Waals surface area contributed by atoms with Gasteiger partial charge in [0, 0.05) is 6.42 Å². The van der Waals surface area contributed by atoms with Gasteiger partial charge in [-0.25, -0.2) is 4.98 Å². The number of alkyl halides is 3. The summed E-state index contributed by atoms with van der Waals surface area (Å²) in [6, 6.07) is 4.57. The Morgan fingerprint density at radius 1 is 1.19 bits per heavy atom. The summed E-state index contributed by atoms with van der Waals surface area (Å²) in [4.78, 5) is 16.7. The molecule has 0 spiro atoms. The predicted octanol–water partition coefficient (Wildman–Crippen LogP) is 4.05. The number of rotatable bonds is 3. The van der Waals surface area contributed by atoms with E-state index < -0.39 is 17.5 Å². The number of benzene rings is 1. The maximum Gasteiger partial charge on any atom is 0.416 e. The Balaban J connectivity index is 1.99. The molecule has 1 aromatic carbocycles. The van der Waals surface area contributed by atoms with Crippen molar-refractivity contribution in [3.63, 3.8) is 0 Å². The van der Waals surface area contributed by atoms with Gasteiger partial charge in [-0.15, -0.1) is 0 Å². The second-order valence-electron chi connectivity index (χ2n) is 6.06. The van der Waals surface area contributed by atoms with Crippen molar-refractivity contribution >= 4 is 28.3 Å². The maximum atomic E-state index is 12.8. The highest BCUT2D eigenvalue weighted by Gasteiger charge is 2.30. The SMILES string of the molecule is Cc1nc2oc(C(=O)Cc3cccc(C(F)(F)F)c3)c(N)c2c(C)c1N. The summed E-state index contributed by atoms with van der Waals surface area (Å²) in [5, 5.41) is 0.445. The second kappa shape index (κ2) is 6.05. The van der Waals surface area contributed by atoms with Gasteiger partial charge in [0.05, 0.1) is 28.0 Å².